The molecule has 0 bridgehead atoms. The summed E-state index contributed by atoms with van der Waals surface area (Å²) in [6.07, 6.45) is -2.19. The van der Waals surface area contributed by atoms with Crippen LogP contribution in [-0.2, 0) is 10.9 Å². The minimum absolute atomic E-state index is 0.0837. The molecule has 20 heavy (non-hydrogen) atoms. The van der Waals surface area contributed by atoms with Crippen LogP contribution in [0.15, 0.2) is 24.3 Å². The maximum atomic E-state index is 12.7. The number of rotatable bonds is 5. The highest BCUT2D eigenvalue weighted by atomic mass is 19.4. The maximum absolute atomic E-state index is 12.7. The van der Waals surface area contributed by atoms with Gasteiger partial charge in [0.25, 0.3) is 0 Å². The van der Waals surface area contributed by atoms with Gasteiger partial charge in [-0.15, -0.1) is 0 Å². The Bertz CT molecular complexity index is 427. The second-order valence-electron chi connectivity index (χ2n) is 5.32. The number of hydrogen-bond donors (Lipinski definition) is 1. The van der Waals surface area contributed by atoms with Gasteiger partial charge in [0, 0.05) is 19.3 Å². The molecule has 1 aliphatic heterocycles. The molecule has 0 amide bonds. The minimum atomic E-state index is -4.28. The highest BCUT2D eigenvalue weighted by Crippen LogP contribution is 2.30. The van der Waals surface area contributed by atoms with E-state index in [-0.39, 0.29) is 6.04 Å². The fourth-order valence-electron chi connectivity index (χ4n) is 2.42. The highest BCUT2D eigenvalue weighted by molar-refractivity contribution is 5.27. The van der Waals surface area contributed by atoms with E-state index in [4.69, 9.17) is 4.74 Å². The summed E-state index contributed by atoms with van der Waals surface area (Å²) in [6.45, 7) is 4.32. The molecular weight excluding hydrogens is 267 g/mol. The van der Waals surface area contributed by atoms with Gasteiger partial charge in [-0.3, -0.25) is 0 Å². The van der Waals surface area contributed by atoms with Gasteiger partial charge in [0.1, 0.15) is 0 Å². The topological polar surface area (TPSA) is 21.3 Å². The number of alkyl halides is 3. The molecule has 0 spiro atoms. The second kappa shape index (κ2) is 6.59. The summed E-state index contributed by atoms with van der Waals surface area (Å²) in [7, 11) is 0. The van der Waals surface area contributed by atoms with Gasteiger partial charge < -0.3 is 10.1 Å². The first-order valence-corrected chi connectivity index (χ1v) is 6.95. The van der Waals surface area contributed by atoms with Crippen molar-refractivity contribution in [2.45, 2.75) is 32.0 Å². The third kappa shape index (κ3) is 4.21. The Morgan fingerprint density at radius 3 is 2.85 bits per heavy atom. The molecule has 1 aromatic carbocycles. The van der Waals surface area contributed by atoms with E-state index in [9.17, 15) is 13.2 Å². The van der Waals surface area contributed by atoms with Gasteiger partial charge in [-0.25, -0.2) is 0 Å². The summed E-state index contributed by atoms with van der Waals surface area (Å²) in [5.74, 6) is 0.580. The largest absolute Gasteiger partial charge is 0.416 e. The Labute approximate surface area is 117 Å². The molecule has 112 valence electrons. The Morgan fingerprint density at radius 2 is 2.20 bits per heavy atom. The fourth-order valence-corrected chi connectivity index (χ4v) is 2.42. The van der Waals surface area contributed by atoms with E-state index in [2.05, 4.69) is 5.32 Å². The van der Waals surface area contributed by atoms with E-state index < -0.39 is 11.7 Å². The summed E-state index contributed by atoms with van der Waals surface area (Å²) >= 11 is 0. The monoisotopic (exact) mass is 287 g/mol. The van der Waals surface area contributed by atoms with Gasteiger partial charge in [0.05, 0.1) is 5.56 Å². The third-order valence-electron chi connectivity index (χ3n) is 3.74. The Morgan fingerprint density at radius 1 is 1.40 bits per heavy atom. The lowest BCUT2D eigenvalue weighted by molar-refractivity contribution is -0.137. The van der Waals surface area contributed by atoms with Crippen LogP contribution in [0.2, 0.25) is 0 Å². The van der Waals surface area contributed by atoms with Gasteiger partial charge >= 0.3 is 6.18 Å². The third-order valence-corrected chi connectivity index (χ3v) is 3.74. The second-order valence-corrected chi connectivity index (χ2v) is 5.32. The fraction of sp³-hybridized carbons (Fsp3) is 0.600. The molecule has 1 aliphatic rings. The summed E-state index contributed by atoms with van der Waals surface area (Å²) in [4.78, 5) is 0. The molecule has 1 heterocycles. The van der Waals surface area contributed by atoms with Crippen LogP contribution in [0.25, 0.3) is 0 Å². The summed E-state index contributed by atoms with van der Waals surface area (Å²) < 4.78 is 43.3. The van der Waals surface area contributed by atoms with Crippen LogP contribution < -0.4 is 5.32 Å². The van der Waals surface area contributed by atoms with E-state index >= 15 is 0 Å². The maximum Gasteiger partial charge on any atom is 0.416 e. The van der Waals surface area contributed by atoms with Crippen LogP contribution in [0.3, 0.4) is 0 Å². The molecule has 1 aromatic rings. The quantitative estimate of drug-likeness (QED) is 0.890. The van der Waals surface area contributed by atoms with Crippen molar-refractivity contribution in [2.24, 2.45) is 5.92 Å². The van der Waals surface area contributed by atoms with Gasteiger partial charge in [-0.2, -0.15) is 13.2 Å². The standard InChI is InChI=1S/C15H20F3NO/c1-11(19-7-5-12-6-8-20-10-12)13-3-2-4-14(9-13)15(16,17)18/h2-4,9,11-12,19H,5-8,10H2,1H3. The molecule has 2 rings (SSSR count). The smallest absolute Gasteiger partial charge is 0.381 e. The zero-order valence-electron chi connectivity index (χ0n) is 11.5. The molecule has 2 atom stereocenters. The predicted octanol–water partition coefficient (Wildman–Crippen LogP) is 3.78. The molecule has 0 radical (unpaired) electrons. The lowest BCUT2D eigenvalue weighted by Crippen LogP contribution is -2.22. The molecule has 1 saturated heterocycles. The average Bonchev–Trinajstić information content (AvgIpc) is 2.91. The van der Waals surface area contributed by atoms with Crippen molar-refractivity contribution >= 4 is 0 Å². The first kappa shape index (κ1) is 15.3. The van der Waals surface area contributed by atoms with Crippen molar-refractivity contribution in [3.63, 3.8) is 0 Å². The van der Waals surface area contributed by atoms with E-state index in [1.54, 1.807) is 6.07 Å². The van der Waals surface area contributed by atoms with Crippen LogP contribution in [0.5, 0.6) is 0 Å². The Balaban J connectivity index is 1.86. The van der Waals surface area contributed by atoms with Crippen molar-refractivity contribution in [3.05, 3.63) is 35.4 Å². The minimum Gasteiger partial charge on any atom is -0.381 e. The summed E-state index contributed by atoms with van der Waals surface area (Å²) in [5.41, 5.74) is 0.0790. The lowest BCUT2D eigenvalue weighted by atomic mass is 10.0. The highest BCUT2D eigenvalue weighted by Gasteiger charge is 2.30. The number of hydrogen-bond acceptors (Lipinski definition) is 2. The van der Waals surface area contributed by atoms with Crippen molar-refractivity contribution in [1.29, 1.82) is 0 Å². The summed E-state index contributed by atoms with van der Waals surface area (Å²) in [5, 5.41) is 3.28. The Kier molecular flexibility index (Phi) is 5.05. The molecule has 2 unspecified atom stereocenters. The molecule has 5 heteroatoms. The van der Waals surface area contributed by atoms with E-state index in [1.165, 1.54) is 12.1 Å². The Hall–Kier alpha value is -1.07. The zero-order valence-corrected chi connectivity index (χ0v) is 11.5. The molecule has 0 aromatic heterocycles. The summed E-state index contributed by atoms with van der Waals surface area (Å²) in [6, 6.07) is 5.43. The predicted molar refractivity (Wildman–Crippen MR) is 71.4 cm³/mol. The van der Waals surface area contributed by atoms with Crippen molar-refractivity contribution in [3.8, 4) is 0 Å². The first-order valence-electron chi connectivity index (χ1n) is 6.95. The molecule has 1 fully saturated rings. The van der Waals surface area contributed by atoms with Crippen LogP contribution in [-0.4, -0.2) is 19.8 Å². The van der Waals surface area contributed by atoms with Crippen molar-refractivity contribution in [2.75, 3.05) is 19.8 Å². The number of benzene rings is 1. The average molecular weight is 287 g/mol. The van der Waals surface area contributed by atoms with Crippen LogP contribution in [0.1, 0.15) is 36.9 Å². The van der Waals surface area contributed by atoms with Crippen LogP contribution in [0, 0.1) is 5.92 Å². The lowest BCUT2D eigenvalue weighted by Gasteiger charge is -2.17. The van der Waals surface area contributed by atoms with Crippen LogP contribution >= 0.6 is 0 Å². The van der Waals surface area contributed by atoms with Crippen molar-refractivity contribution in [1.82, 2.24) is 5.32 Å². The molecule has 2 nitrogen and oxygen atoms in total. The van der Waals surface area contributed by atoms with E-state index in [0.29, 0.717) is 11.5 Å². The van der Waals surface area contributed by atoms with E-state index in [1.807, 2.05) is 6.92 Å². The van der Waals surface area contributed by atoms with Crippen molar-refractivity contribution < 1.29 is 17.9 Å². The SMILES string of the molecule is CC(NCCC1CCOC1)c1cccc(C(F)(F)F)c1. The van der Waals surface area contributed by atoms with Crippen LogP contribution in [0.4, 0.5) is 13.2 Å². The van der Waals surface area contributed by atoms with Gasteiger partial charge in [0.2, 0.25) is 0 Å². The number of nitrogens with one attached hydrogen (secondary N) is 1. The molecule has 0 aliphatic carbocycles. The number of ether oxygens (including phenoxy) is 1. The van der Waals surface area contributed by atoms with Gasteiger partial charge in [-0.1, -0.05) is 12.1 Å². The van der Waals surface area contributed by atoms with Gasteiger partial charge in [-0.05, 0) is 49.9 Å². The first-order chi connectivity index (χ1) is 9.47. The molecular formula is C15H20F3NO. The molecule has 1 N–H and O–H groups in total. The molecule has 0 saturated carbocycles. The van der Waals surface area contributed by atoms with Gasteiger partial charge in [0.15, 0.2) is 0 Å². The zero-order chi connectivity index (χ0) is 14.6. The number of halogens is 3. The van der Waals surface area contributed by atoms with E-state index in [0.717, 1.165) is 38.7 Å². The normalized spacial score (nSPS) is 21.1.